The average Bonchev–Trinajstić information content (AvgIpc) is 2.38. The second kappa shape index (κ2) is 5.41. The van der Waals surface area contributed by atoms with Gasteiger partial charge in [0, 0.05) is 23.0 Å². The summed E-state index contributed by atoms with van der Waals surface area (Å²) in [6.07, 6.45) is 6.38. The average molecular weight is 244 g/mol. The summed E-state index contributed by atoms with van der Waals surface area (Å²) in [7, 11) is 0. The molecule has 2 rings (SSSR count). The van der Waals surface area contributed by atoms with Crippen molar-refractivity contribution in [2.24, 2.45) is 0 Å². The Morgan fingerprint density at radius 1 is 1.18 bits per heavy atom. The Morgan fingerprint density at radius 2 is 2.00 bits per heavy atom. The lowest BCUT2D eigenvalue weighted by Crippen LogP contribution is -1.94. The number of rotatable bonds is 3. The number of benzene rings is 1. The topological polar surface area (TPSA) is 30.0 Å². The Kier molecular flexibility index (Phi) is 3.68. The third kappa shape index (κ3) is 3.02. The maximum atomic E-state index is 11.8. The highest BCUT2D eigenvalue weighted by molar-refractivity contribution is 6.32. The van der Waals surface area contributed by atoms with E-state index in [9.17, 15) is 4.79 Å². The van der Waals surface area contributed by atoms with Crippen LogP contribution in [0.5, 0.6) is 0 Å². The van der Waals surface area contributed by atoms with E-state index in [4.69, 9.17) is 11.6 Å². The molecule has 1 aromatic heterocycles. The van der Waals surface area contributed by atoms with Crippen molar-refractivity contribution in [3.8, 4) is 0 Å². The minimum Gasteiger partial charge on any atom is -0.289 e. The fourth-order valence-corrected chi connectivity index (χ4v) is 1.58. The molecule has 84 valence electrons. The van der Waals surface area contributed by atoms with Crippen LogP contribution in [0.1, 0.15) is 15.9 Å². The Balaban J connectivity index is 2.17. The van der Waals surface area contributed by atoms with Crippen molar-refractivity contribution in [3.05, 3.63) is 71.0 Å². The van der Waals surface area contributed by atoms with Crippen LogP contribution >= 0.6 is 11.6 Å². The number of allylic oxidation sites excluding steroid dienone is 1. The van der Waals surface area contributed by atoms with Crippen molar-refractivity contribution in [2.75, 3.05) is 0 Å². The minimum absolute atomic E-state index is 0.0852. The number of nitrogens with zero attached hydrogens (tertiary/aromatic N) is 1. The molecule has 0 fully saturated rings. The first-order valence-electron chi connectivity index (χ1n) is 5.14. The molecule has 1 aromatic carbocycles. The molecule has 0 aliphatic heterocycles. The molecule has 1 heterocycles. The number of ketones is 1. The lowest BCUT2D eigenvalue weighted by molar-refractivity contribution is 0.104. The summed E-state index contributed by atoms with van der Waals surface area (Å²) in [4.78, 5) is 15.7. The maximum absolute atomic E-state index is 11.8. The molecule has 0 radical (unpaired) electrons. The van der Waals surface area contributed by atoms with Crippen LogP contribution in [-0.4, -0.2) is 10.8 Å². The van der Waals surface area contributed by atoms with Crippen LogP contribution in [-0.2, 0) is 0 Å². The number of halogens is 1. The number of hydrogen-bond acceptors (Lipinski definition) is 2. The summed E-state index contributed by atoms with van der Waals surface area (Å²) in [5.74, 6) is -0.0852. The monoisotopic (exact) mass is 243 g/mol. The van der Waals surface area contributed by atoms with Gasteiger partial charge in [0.1, 0.15) is 0 Å². The van der Waals surface area contributed by atoms with Crippen molar-refractivity contribution < 1.29 is 4.79 Å². The van der Waals surface area contributed by atoms with Crippen LogP contribution < -0.4 is 0 Å². The molecule has 0 atom stereocenters. The lowest BCUT2D eigenvalue weighted by atomic mass is 10.1. The van der Waals surface area contributed by atoms with Gasteiger partial charge in [-0.15, -0.1) is 0 Å². The normalized spacial score (nSPS) is 10.6. The van der Waals surface area contributed by atoms with Crippen molar-refractivity contribution >= 4 is 23.5 Å². The summed E-state index contributed by atoms with van der Waals surface area (Å²) < 4.78 is 0. The van der Waals surface area contributed by atoms with Crippen LogP contribution in [0.2, 0.25) is 5.02 Å². The first-order valence-corrected chi connectivity index (χ1v) is 5.52. The smallest absolute Gasteiger partial charge is 0.187 e. The van der Waals surface area contributed by atoms with Gasteiger partial charge in [-0.3, -0.25) is 9.78 Å². The van der Waals surface area contributed by atoms with Crippen LogP contribution in [0, 0.1) is 0 Å². The SMILES string of the molecule is O=C(/C=C/c1ccccc1Cl)c1cccnc1. The highest BCUT2D eigenvalue weighted by atomic mass is 35.5. The predicted octanol–water partition coefficient (Wildman–Crippen LogP) is 3.63. The van der Waals surface area contributed by atoms with Gasteiger partial charge in [0.15, 0.2) is 5.78 Å². The van der Waals surface area contributed by atoms with E-state index in [0.717, 1.165) is 5.56 Å². The van der Waals surface area contributed by atoms with E-state index in [1.165, 1.54) is 6.08 Å². The van der Waals surface area contributed by atoms with E-state index < -0.39 is 0 Å². The molecule has 0 saturated heterocycles. The number of pyridine rings is 1. The fraction of sp³-hybridized carbons (Fsp3) is 0. The Morgan fingerprint density at radius 3 is 2.71 bits per heavy atom. The molecular formula is C14H10ClNO. The van der Waals surface area contributed by atoms with Crippen molar-refractivity contribution in [1.82, 2.24) is 4.98 Å². The van der Waals surface area contributed by atoms with Crippen LogP contribution in [0.4, 0.5) is 0 Å². The molecule has 0 amide bonds. The first-order chi connectivity index (χ1) is 8.27. The molecular weight excluding hydrogens is 234 g/mol. The summed E-state index contributed by atoms with van der Waals surface area (Å²) in [6.45, 7) is 0. The number of aromatic nitrogens is 1. The molecule has 17 heavy (non-hydrogen) atoms. The largest absolute Gasteiger partial charge is 0.289 e. The predicted molar refractivity (Wildman–Crippen MR) is 69.1 cm³/mol. The van der Waals surface area contributed by atoms with Crippen LogP contribution in [0.25, 0.3) is 6.08 Å². The van der Waals surface area contributed by atoms with E-state index in [-0.39, 0.29) is 5.78 Å². The van der Waals surface area contributed by atoms with E-state index in [2.05, 4.69) is 4.98 Å². The van der Waals surface area contributed by atoms with Gasteiger partial charge in [0.2, 0.25) is 0 Å². The first kappa shape index (κ1) is 11.6. The van der Waals surface area contributed by atoms with Gasteiger partial charge in [0.05, 0.1) is 0 Å². The summed E-state index contributed by atoms with van der Waals surface area (Å²) in [6, 6.07) is 10.8. The molecule has 0 saturated carbocycles. The number of carbonyl (C=O) groups excluding carboxylic acids is 1. The molecule has 0 N–H and O–H groups in total. The quantitative estimate of drug-likeness (QED) is 0.609. The zero-order chi connectivity index (χ0) is 12.1. The highest BCUT2D eigenvalue weighted by Crippen LogP contribution is 2.16. The van der Waals surface area contributed by atoms with Crippen molar-refractivity contribution in [3.63, 3.8) is 0 Å². The van der Waals surface area contributed by atoms with Crippen molar-refractivity contribution in [1.29, 1.82) is 0 Å². The second-order valence-corrected chi connectivity index (χ2v) is 3.87. The Labute approximate surface area is 105 Å². The Hall–Kier alpha value is -1.93. The zero-order valence-corrected chi connectivity index (χ0v) is 9.76. The van der Waals surface area contributed by atoms with E-state index in [1.54, 1.807) is 36.7 Å². The van der Waals surface area contributed by atoms with Gasteiger partial charge in [-0.05, 0) is 35.9 Å². The molecule has 0 aliphatic rings. The molecule has 0 unspecified atom stereocenters. The van der Waals surface area contributed by atoms with E-state index in [1.807, 2.05) is 18.2 Å². The molecule has 3 heteroatoms. The fourth-order valence-electron chi connectivity index (χ4n) is 1.38. The molecule has 0 spiro atoms. The van der Waals surface area contributed by atoms with E-state index in [0.29, 0.717) is 10.6 Å². The second-order valence-electron chi connectivity index (χ2n) is 3.46. The molecule has 2 nitrogen and oxygen atoms in total. The number of hydrogen-bond donors (Lipinski definition) is 0. The van der Waals surface area contributed by atoms with Gasteiger partial charge in [-0.2, -0.15) is 0 Å². The highest BCUT2D eigenvalue weighted by Gasteiger charge is 2.01. The number of carbonyl (C=O) groups is 1. The molecule has 0 bridgehead atoms. The van der Waals surface area contributed by atoms with Gasteiger partial charge < -0.3 is 0 Å². The summed E-state index contributed by atoms with van der Waals surface area (Å²) in [5, 5.41) is 0.628. The van der Waals surface area contributed by atoms with Gasteiger partial charge in [-0.1, -0.05) is 29.8 Å². The summed E-state index contributed by atoms with van der Waals surface area (Å²) in [5.41, 5.74) is 1.39. The molecule has 2 aromatic rings. The Bertz CT molecular complexity index is 549. The van der Waals surface area contributed by atoms with Crippen LogP contribution in [0.3, 0.4) is 0 Å². The van der Waals surface area contributed by atoms with E-state index >= 15 is 0 Å². The summed E-state index contributed by atoms with van der Waals surface area (Å²) >= 11 is 5.98. The molecule has 0 aliphatic carbocycles. The van der Waals surface area contributed by atoms with Gasteiger partial charge in [-0.25, -0.2) is 0 Å². The third-order valence-corrected chi connectivity index (χ3v) is 2.61. The zero-order valence-electron chi connectivity index (χ0n) is 9.01. The van der Waals surface area contributed by atoms with Crippen molar-refractivity contribution in [2.45, 2.75) is 0 Å². The minimum atomic E-state index is -0.0852. The van der Waals surface area contributed by atoms with Gasteiger partial charge in [0.25, 0.3) is 0 Å². The third-order valence-electron chi connectivity index (χ3n) is 2.27. The lowest BCUT2D eigenvalue weighted by Gasteiger charge is -1.96. The van der Waals surface area contributed by atoms with Crippen LogP contribution in [0.15, 0.2) is 54.9 Å². The van der Waals surface area contributed by atoms with Gasteiger partial charge >= 0.3 is 0 Å². The standard InChI is InChI=1S/C14H10ClNO/c15-13-6-2-1-4-11(13)7-8-14(17)12-5-3-9-16-10-12/h1-10H/b8-7+. The maximum Gasteiger partial charge on any atom is 0.187 e.